The van der Waals surface area contributed by atoms with Crippen molar-refractivity contribution in [3.8, 4) is 0 Å². The lowest BCUT2D eigenvalue weighted by Gasteiger charge is -2.36. The van der Waals surface area contributed by atoms with Crippen LogP contribution in [0.4, 0.5) is 0 Å². The maximum Gasteiger partial charge on any atom is 0.320 e. The zero-order chi connectivity index (χ0) is 11.1. The zero-order valence-corrected chi connectivity index (χ0v) is 9.40. The Balaban J connectivity index is 2.30. The minimum atomic E-state index is -0.180. The van der Waals surface area contributed by atoms with Crippen molar-refractivity contribution >= 4 is 5.97 Å². The molecule has 5 heteroatoms. The Hall–Kier alpha value is -0.650. The summed E-state index contributed by atoms with van der Waals surface area (Å²) >= 11 is 0. The first-order chi connectivity index (χ1) is 7.27. The lowest BCUT2D eigenvalue weighted by molar-refractivity contribution is -0.148. The number of nitrogens with zero attached hydrogens (tertiary/aromatic N) is 1. The van der Waals surface area contributed by atoms with Gasteiger partial charge in [0.25, 0.3) is 0 Å². The molecule has 1 heterocycles. The second-order valence-electron chi connectivity index (χ2n) is 3.46. The highest BCUT2D eigenvalue weighted by Gasteiger charge is 2.27. The van der Waals surface area contributed by atoms with Gasteiger partial charge in [0.1, 0.15) is 0 Å². The van der Waals surface area contributed by atoms with Crippen LogP contribution in [-0.4, -0.2) is 63.5 Å². The van der Waals surface area contributed by atoms with Crippen LogP contribution in [0.5, 0.6) is 0 Å². The van der Waals surface area contributed by atoms with E-state index in [1.165, 1.54) is 0 Å². The lowest BCUT2D eigenvalue weighted by atomic mass is 10.2. The summed E-state index contributed by atoms with van der Waals surface area (Å²) < 4.78 is 15.0. The fraction of sp³-hybridized carbons (Fsp3) is 0.900. The maximum absolute atomic E-state index is 11.3. The molecule has 0 aromatic rings. The molecular weight excluding hydrogens is 198 g/mol. The van der Waals surface area contributed by atoms with Gasteiger partial charge >= 0.3 is 5.97 Å². The molecule has 0 saturated carbocycles. The van der Waals surface area contributed by atoms with Gasteiger partial charge in [-0.05, 0) is 6.92 Å². The summed E-state index contributed by atoms with van der Waals surface area (Å²) in [7, 11) is 1.65. The normalized spacial score (nSPS) is 16.5. The Morgan fingerprint density at radius 1 is 1.53 bits per heavy atom. The fourth-order valence-corrected chi connectivity index (χ4v) is 1.41. The third-order valence-electron chi connectivity index (χ3n) is 2.36. The smallest absolute Gasteiger partial charge is 0.320 e. The number of ether oxygens (including phenoxy) is 3. The Morgan fingerprint density at radius 3 is 2.73 bits per heavy atom. The van der Waals surface area contributed by atoms with Crippen molar-refractivity contribution in [3.63, 3.8) is 0 Å². The summed E-state index contributed by atoms with van der Waals surface area (Å²) in [6.07, 6.45) is 0. The molecule has 0 unspecified atom stereocenters. The van der Waals surface area contributed by atoms with Gasteiger partial charge in [-0.2, -0.15) is 0 Å². The minimum Gasteiger partial charge on any atom is -0.465 e. The molecule has 0 amide bonds. The van der Waals surface area contributed by atoms with Crippen LogP contribution in [0.25, 0.3) is 0 Å². The summed E-state index contributed by atoms with van der Waals surface area (Å²) in [6, 6.07) is 0.338. The van der Waals surface area contributed by atoms with E-state index in [0.29, 0.717) is 39.0 Å². The van der Waals surface area contributed by atoms with Gasteiger partial charge in [-0.1, -0.05) is 0 Å². The number of hydrogen-bond acceptors (Lipinski definition) is 5. The van der Waals surface area contributed by atoms with E-state index in [1.807, 2.05) is 11.8 Å². The van der Waals surface area contributed by atoms with E-state index in [9.17, 15) is 4.79 Å². The average Bonchev–Trinajstić information content (AvgIpc) is 2.11. The molecule has 0 aromatic carbocycles. The van der Waals surface area contributed by atoms with E-state index in [0.717, 1.165) is 6.54 Å². The predicted octanol–water partition coefficient (Wildman–Crippen LogP) is -0.103. The third-order valence-corrected chi connectivity index (χ3v) is 2.36. The quantitative estimate of drug-likeness (QED) is 0.557. The van der Waals surface area contributed by atoms with E-state index < -0.39 is 0 Å². The standard InChI is InChI=1S/C10H19NO4/c1-3-15-10(12)6-11(4-5-13-2)9-7-14-8-9/h9H,3-8H2,1-2H3. The summed E-state index contributed by atoms with van der Waals surface area (Å²) in [5, 5.41) is 0. The van der Waals surface area contributed by atoms with Gasteiger partial charge in [0, 0.05) is 13.7 Å². The average molecular weight is 217 g/mol. The SMILES string of the molecule is CCOC(=O)CN(CCOC)C1COC1. The van der Waals surface area contributed by atoms with Crippen molar-refractivity contribution in [2.75, 3.05) is 46.6 Å². The highest BCUT2D eigenvalue weighted by atomic mass is 16.5. The molecule has 1 fully saturated rings. The lowest BCUT2D eigenvalue weighted by Crippen LogP contribution is -2.52. The van der Waals surface area contributed by atoms with Gasteiger partial charge in [0.05, 0.1) is 39.0 Å². The highest BCUT2D eigenvalue weighted by Crippen LogP contribution is 2.09. The van der Waals surface area contributed by atoms with Gasteiger partial charge in [-0.15, -0.1) is 0 Å². The van der Waals surface area contributed by atoms with Crippen molar-refractivity contribution in [1.29, 1.82) is 0 Å². The third kappa shape index (κ3) is 4.15. The molecule has 0 bridgehead atoms. The molecule has 0 radical (unpaired) electrons. The second kappa shape index (κ2) is 6.76. The molecule has 1 saturated heterocycles. The molecule has 1 aliphatic heterocycles. The molecule has 0 atom stereocenters. The molecule has 88 valence electrons. The summed E-state index contributed by atoms with van der Waals surface area (Å²) in [4.78, 5) is 13.4. The van der Waals surface area contributed by atoms with Crippen LogP contribution in [0.15, 0.2) is 0 Å². The van der Waals surface area contributed by atoms with Crippen molar-refractivity contribution < 1.29 is 19.0 Å². The number of carbonyl (C=O) groups is 1. The summed E-state index contributed by atoms with van der Waals surface area (Å²) in [5.41, 5.74) is 0. The van der Waals surface area contributed by atoms with Gasteiger partial charge in [-0.25, -0.2) is 0 Å². The first kappa shape index (κ1) is 12.4. The number of methoxy groups -OCH3 is 1. The predicted molar refractivity (Wildman–Crippen MR) is 54.7 cm³/mol. The minimum absolute atomic E-state index is 0.180. The van der Waals surface area contributed by atoms with Crippen LogP contribution in [0.2, 0.25) is 0 Å². The van der Waals surface area contributed by atoms with Crippen molar-refractivity contribution in [2.45, 2.75) is 13.0 Å². The molecule has 0 N–H and O–H groups in total. The van der Waals surface area contributed by atoms with Crippen LogP contribution in [0.3, 0.4) is 0 Å². The number of hydrogen-bond donors (Lipinski definition) is 0. The van der Waals surface area contributed by atoms with Crippen LogP contribution >= 0.6 is 0 Å². The van der Waals surface area contributed by atoms with E-state index in [-0.39, 0.29) is 5.97 Å². The van der Waals surface area contributed by atoms with Gasteiger partial charge in [0.15, 0.2) is 0 Å². The van der Waals surface area contributed by atoms with E-state index >= 15 is 0 Å². The van der Waals surface area contributed by atoms with Crippen LogP contribution < -0.4 is 0 Å². The summed E-state index contributed by atoms with van der Waals surface area (Å²) in [6.45, 7) is 5.32. The Bertz CT molecular complexity index is 194. The highest BCUT2D eigenvalue weighted by molar-refractivity contribution is 5.71. The van der Waals surface area contributed by atoms with E-state index in [1.54, 1.807) is 7.11 Å². The zero-order valence-electron chi connectivity index (χ0n) is 9.40. The second-order valence-corrected chi connectivity index (χ2v) is 3.46. The molecule has 1 aliphatic rings. The van der Waals surface area contributed by atoms with E-state index in [2.05, 4.69) is 0 Å². The Labute approximate surface area is 90.3 Å². The fourth-order valence-electron chi connectivity index (χ4n) is 1.41. The topological polar surface area (TPSA) is 48.0 Å². The molecule has 0 spiro atoms. The van der Waals surface area contributed by atoms with Crippen molar-refractivity contribution in [2.24, 2.45) is 0 Å². The number of esters is 1. The Kier molecular flexibility index (Phi) is 5.60. The molecule has 15 heavy (non-hydrogen) atoms. The van der Waals surface area contributed by atoms with Crippen LogP contribution in [-0.2, 0) is 19.0 Å². The largest absolute Gasteiger partial charge is 0.465 e. The molecule has 1 rings (SSSR count). The summed E-state index contributed by atoms with van der Waals surface area (Å²) in [5.74, 6) is -0.180. The molecule has 0 aromatic heterocycles. The van der Waals surface area contributed by atoms with Crippen molar-refractivity contribution in [1.82, 2.24) is 4.90 Å². The van der Waals surface area contributed by atoms with Crippen molar-refractivity contribution in [3.05, 3.63) is 0 Å². The van der Waals surface area contributed by atoms with Gasteiger partial charge in [-0.3, -0.25) is 9.69 Å². The van der Waals surface area contributed by atoms with Crippen LogP contribution in [0, 0.1) is 0 Å². The maximum atomic E-state index is 11.3. The van der Waals surface area contributed by atoms with E-state index in [4.69, 9.17) is 14.2 Å². The molecule has 5 nitrogen and oxygen atoms in total. The van der Waals surface area contributed by atoms with Crippen LogP contribution in [0.1, 0.15) is 6.92 Å². The Morgan fingerprint density at radius 2 is 2.27 bits per heavy atom. The number of carbonyl (C=O) groups excluding carboxylic acids is 1. The monoisotopic (exact) mass is 217 g/mol. The van der Waals surface area contributed by atoms with Gasteiger partial charge in [0.2, 0.25) is 0 Å². The molecular formula is C10H19NO4. The first-order valence-corrected chi connectivity index (χ1v) is 5.24. The van der Waals surface area contributed by atoms with Gasteiger partial charge < -0.3 is 14.2 Å². The molecule has 0 aliphatic carbocycles. The first-order valence-electron chi connectivity index (χ1n) is 5.24. The number of rotatable bonds is 7.